The number of nitrogens with zero attached hydrogens (tertiary/aromatic N) is 2. The second-order valence-corrected chi connectivity index (χ2v) is 7.98. The Bertz CT molecular complexity index is 1650. The lowest BCUT2D eigenvalue weighted by Gasteiger charge is -2.06. The van der Waals surface area contributed by atoms with Crippen LogP contribution in [0.2, 0.25) is 5.02 Å². The van der Waals surface area contributed by atoms with Gasteiger partial charge in [-0.15, -0.1) is 0 Å². The van der Waals surface area contributed by atoms with Gasteiger partial charge in [0.05, 0.1) is 5.02 Å². The average molecular weight is 475 g/mol. The first-order chi connectivity index (χ1) is 16.4. The SMILES string of the molecule is Nc1ncc(-c2cc3ccccc3o2)c2cc(F)ccc12.Nc1ncc(Cl)c2cc(F)ccc12. The summed E-state index contributed by atoms with van der Waals surface area (Å²) in [4.78, 5) is 8.04. The molecule has 0 fully saturated rings. The molecule has 0 unspecified atom stereocenters. The molecule has 0 aliphatic rings. The van der Waals surface area contributed by atoms with Crippen molar-refractivity contribution >= 4 is 55.8 Å². The number of nitrogen functional groups attached to an aromatic ring is 2. The molecule has 0 aliphatic heterocycles. The molecule has 0 saturated carbocycles. The predicted octanol–water partition coefficient (Wildman–Crippen LogP) is 6.98. The molecule has 0 saturated heterocycles. The third-order valence-electron chi connectivity index (χ3n) is 5.40. The summed E-state index contributed by atoms with van der Waals surface area (Å²) in [6.45, 7) is 0. The highest BCUT2D eigenvalue weighted by molar-refractivity contribution is 6.35. The number of benzene rings is 3. The Kier molecular flexibility index (Phi) is 5.47. The van der Waals surface area contributed by atoms with Crippen molar-refractivity contribution in [2.24, 2.45) is 0 Å². The highest BCUT2D eigenvalue weighted by Gasteiger charge is 2.12. The molecule has 0 bridgehead atoms. The van der Waals surface area contributed by atoms with Crippen LogP contribution in [0, 0.1) is 11.6 Å². The van der Waals surface area contributed by atoms with Gasteiger partial charge in [-0.25, -0.2) is 18.7 Å². The summed E-state index contributed by atoms with van der Waals surface area (Å²) in [6, 6.07) is 18.4. The van der Waals surface area contributed by atoms with E-state index in [1.54, 1.807) is 18.3 Å². The van der Waals surface area contributed by atoms with Crippen molar-refractivity contribution in [3.8, 4) is 11.3 Å². The van der Waals surface area contributed by atoms with Gasteiger partial charge < -0.3 is 15.9 Å². The van der Waals surface area contributed by atoms with Crippen LogP contribution in [-0.4, -0.2) is 9.97 Å². The van der Waals surface area contributed by atoms with Gasteiger partial charge in [0, 0.05) is 44.9 Å². The van der Waals surface area contributed by atoms with E-state index in [0.29, 0.717) is 44.0 Å². The summed E-state index contributed by atoms with van der Waals surface area (Å²) in [7, 11) is 0. The predicted molar refractivity (Wildman–Crippen MR) is 132 cm³/mol. The van der Waals surface area contributed by atoms with E-state index in [1.807, 2.05) is 30.3 Å². The molecule has 5 nitrogen and oxygen atoms in total. The number of rotatable bonds is 1. The number of para-hydroxylation sites is 1. The van der Waals surface area contributed by atoms with Crippen LogP contribution in [0.1, 0.15) is 0 Å². The maximum Gasteiger partial charge on any atom is 0.137 e. The van der Waals surface area contributed by atoms with Gasteiger partial charge in [0.25, 0.3) is 0 Å². The first-order valence-electron chi connectivity index (χ1n) is 10.2. The Morgan fingerprint density at radius 1 is 0.706 bits per heavy atom. The summed E-state index contributed by atoms with van der Waals surface area (Å²) < 4.78 is 32.2. The van der Waals surface area contributed by atoms with E-state index in [-0.39, 0.29) is 11.6 Å². The van der Waals surface area contributed by atoms with Crippen LogP contribution in [0.25, 0.3) is 43.8 Å². The van der Waals surface area contributed by atoms with E-state index in [9.17, 15) is 8.78 Å². The number of anilines is 2. The largest absolute Gasteiger partial charge is 0.456 e. The fourth-order valence-corrected chi connectivity index (χ4v) is 3.95. The van der Waals surface area contributed by atoms with E-state index >= 15 is 0 Å². The van der Waals surface area contributed by atoms with Gasteiger partial charge >= 0.3 is 0 Å². The van der Waals surface area contributed by atoms with Crippen molar-refractivity contribution in [2.45, 2.75) is 0 Å². The molecular weight excluding hydrogens is 458 g/mol. The van der Waals surface area contributed by atoms with E-state index in [4.69, 9.17) is 27.5 Å². The van der Waals surface area contributed by atoms with Gasteiger partial charge in [-0.1, -0.05) is 29.8 Å². The van der Waals surface area contributed by atoms with E-state index in [0.717, 1.165) is 16.5 Å². The minimum Gasteiger partial charge on any atom is -0.456 e. The maximum absolute atomic E-state index is 13.6. The summed E-state index contributed by atoms with van der Waals surface area (Å²) in [6.07, 6.45) is 3.04. The van der Waals surface area contributed by atoms with Crippen LogP contribution in [0.3, 0.4) is 0 Å². The monoisotopic (exact) mass is 474 g/mol. The Balaban J connectivity index is 0.000000159. The zero-order valence-electron chi connectivity index (χ0n) is 17.6. The van der Waals surface area contributed by atoms with Crippen LogP contribution in [0.5, 0.6) is 0 Å². The maximum atomic E-state index is 13.6. The van der Waals surface area contributed by atoms with Crippen molar-refractivity contribution in [3.05, 3.63) is 95.8 Å². The number of hydrogen-bond donors (Lipinski definition) is 2. The summed E-state index contributed by atoms with van der Waals surface area (Å²) in [5.41, 5.74) is 13.0. The summed E-state index contributed by atoms with van der Waals surface area (Å²) in [5.74, 6) is 0.744. The van der Waals surface area contributed by atoms with Gasteiger partial charge in [-0.05, 0) is 48.5 Å². The van der Waals surface area contributed by atoms with Crippen molar-refractivity contribution in [3.63, 3.8) is 0 Å². The number of fused-ring (bicyclic) bond motifs is 3. The normalized spacial score (nSPS) is 11.0. The summed E-state index contributed by atoms with van der Waals surface area (Å²) in [5, 5.41) is 4.08. The van der Waals surface area contributed by atoms with Gasteiger partial charge in [0.15, 0.2) is 0 Å². The molecule has 0 aliphatic carbocycles. The minimum atomic E-state index is -0.333. The standard InChI is InChI=1S/C17H11FN2O.C9H6ClFN2/c18-11-5-6-12-13(8-11)14(9-20-17(12)19)16-7-10-3-1-2-4-15(10)21-16;10-8-4-13-9(12)6-2-1-5(11)3-7(6)8/h1-9H,(H2,19,20);1-4H,(H2,12,13). The van der Waals surface area contributed by atoms with Crippen LogP contribution in [0.15, 0.2) is 83.5 Å². The topological polar surface area (TPSA) is 91.0 Å². The molecule has 168 valence electrons. The quantitative estimate of drug-likeness (QED) is 0.268. The molecule has 0 spiro atoms. The molecule has 0 radical (unpaired) electrons. The molecule has 8 heteroatoms. The fraction of sp³-hybridized carbons (Fsp3) is 0. The van der Waals surface area contributed by atoms with E-state index in [2.05, 4.69) is 9.97 Å². The van der Waals surface area contributed by atoms with Crippen LogP contribution >= 0.6 is 11.6 Å². The first kappa shape index (κ1) is 21.6. The van der Waals surface area contributed by atoms with E-state index < -0.39 is 0 Å². The fourth-order valence-electron chi connectivity index (χ4n) is 3.75. The molecule has 0 amide bonds. The van der Waals surface area contributed by atoms with Gasteiger partial charge in [-0.2, -0.15) is 0 Å². The van der Waals surface area contributed by atoms with Crippen LogP contribution < -0.4 is 11.5 Å². The molecule has 3 aromatic heterocycles. The second kappa shape index (κ2) is 8.61. The Labute approximate surface area is 197 Å². The Morgan fingerprint density at radius 2 is 1.32 bits per heavy atom. The lowest BCUT2D eigenvalue weighted by atomic mass is 10.0. The van der Waals surface area contributed by atoms with Gasteiger partial charge in [0.1, 0.15) is 34.6 Å². The zero-order valence-corrected chi connectivity index (χ0v) is 18.4. The lowest BCUT2D eigenvalue weighted by Crippen LogP contribution is -1.93. The third kappa shape index (κ3) is 3.97. The van der Waals surface area contributed by atoms with Crippen molar-refractivity contribution in [1.29, 1.82) is 0 Å². The van der Waals surface area contributed by atoms with Gasteiger partial charge in [0.2, 0.25) is 0 Å². The second-order valence-electron chi connectivity index (χ2n) is 7.58. The first-order valence-corrected chi connectivity index (χ1v) is 10.6. The molecule has 3 aromatic carbocycles. The molecule has 4 N–H and O–H groups in total. The third-order valence-corrected chi connectivity index (χ3v) is 5.70. The molecule has 6 rings (SSSR count). The molecule has 0 atom stereocenters. The Hall–Kier alpha value is -4.23. The number of aromatic nitrogens is 2. The average Bonchev–Trinajstić information content (AvgIpc) is 3.26. The van der Waals surface area contributed by atoms with Crippen molar-refractivity contribution < 1.29 is 13.2 Å². The number of halogens is 3. The minimum absolute atomic E-state index is 0.314. The Morgan fingerprint density at radius 3 is 2.03 bits per heavy atom. The van der Waals surface area contributed by atoms with Crippen molar-refractivity contribution in [2.75, 3.05) is 11.5 Å². The van der Waals surface area contributed by atoms with Gasteiger partial charge in [-0.3, -0.25) is 0 Å². The van der Waals surface area contributed by atoms with Crippen LogP contribution in [-0.2, 0) is 0 Å². The highest BCUT2D eigenvalue weighted by atomic mass is 35.5. The molecule has 3 heterocycles. The summed E-state index contributed by atoms with van der Waals surface area (Å²) >= 11 is 5.82. The van der Waals surface area contributed by atoms with Crippen molar-refractivity contribution in [1.82, 2.24) is 9.97 Å². The zero-order chi connectivity index (χ0) is 23.8. The number of nitrogens with two attached hydrogens (primary N) is 2. The molecule has 6 aromatic rings. The number of furan rings is 1. The highest BCUT2D eigenvalue weighted by Crippen LogP contribution is 2.34. The smallest absolute Gasteiger partial charge is 0.137 e. The molecule has 34 heavy (non-hydrogen) atoms. The van der Waals surface area contributed by atoms with Crippen LogP contribution in [0.4, 0.5) is 20.4 Å². The number of pyridine rings is 2. The molecular formula is C26H17ClF2N4O. The number of hydrogen-bond acceptors (Lipinski definition) is 5. The lowest BCUT2D eigenvalue weighted by molar-refractivity contribution is 0.628. The van der Waals surface area contributed by atoms with E-state index in [1.165, 1.54) is 30.5 Å².